The van der Waals surface area contributed by atoms with E-state index >= 15 is 0 Å². The smallest absolute Gasteiger partial charge is 0.306 e. The lowest BCUT2D eigenvalue weighted by atomic mass is 9.97. The molecule has 0 spiro atoms. The summed E-state index contributed by atoms with van der Waals surface area (Å²) in [6, 6.07) is 4.96. The second kappa shape index (κ2) is 5.12. The van der Waals surface area contributed by atoms with E-state index in [0.717, 1.165) is 5.56 Å². The molecule has 1 atom stereocenters. The van der Waals surface area contributed by atoms with Crippen LogP contribution in [0.4, 0.5) is 0 Å². The Morgan fingerprint density at radius 2 is 2.06 bits per heavy atom. The van der Waals surface area contributed by atoms with Gasteiger partial charge in [0.05, 0.1) is 5.92 Å². The largest absolute Gasteiger partial charge is 0.481 e. The summed E-state index contributed by atoms with van der Waals surface area (Å²) in [5, 5.41) is 9.29. The fourth-order valence-electron chi connectivity index (χ4n) is 1.42. The van der Waals surface area contributed by atoms with Crippen LogP contribution in [0.3, 0.4) is 0 Å². The minimum atomic E-state index is -0.958. The standard InChI is InChI=1S/C12H13ClO3/c1-7-5-9(13)3-4-10(7)11(14)6-8(2)12(15)16/h3-5,8H,6H2,1-2H3,(H,15,16). The number of Topliss-reactive ketones (excluding diaryl/α,β-unsaturated/α-hetero) is 1. The number of carboxylic acid groups (broad SMARTS) is 1. The Morgan fingerprint density at radius 1 is 1.44 bits per heavy atom. The highest BCUT2D eigenvalue weighted by Gasteiger charge is 2.18. The van der Waals surface area contributed by atoms with Crippen LogP contribution in [-0.4, -0.2) is 16.9 Å². The first-order chi connectivity index (χ1) is 7.41. The fourth-order valence-corrected chi connectivity index (χ4v) is 1.64. The third-order valence-corrected chi connectivity index (χ3v) is 2.64. The van der Waals surface area contributed by atoms with E-state index in [0.29, 0.717) is 10.6 Å². The Morgan fingerprint density at radius 3 is 2.56 bits per heavy atom. The number of aryl methyl sites for hydroxylation is 1. The summed E-state index contributed by atoms with van der Waals surface area (Å²) in [5.41, 5.74) is 1.31. The number of aliphatic carboxylic acids is 1. The third kappa shape index (κ3) is 3.07. The van der Waals surface area contributed by atoms with Crippen molar-refractivity contribution in [2.75, 3.05) is 0 Å². The quantitative estimate of drug-likeness (QED) is 0.824. The lowest BCUT2D eigenvalue weighted by Crippen LogP contribution is -2.15. The maximum absolute atomic E-state index is 11.8. The molecule has 4 heteroatoms. The molecule has 1 unspecified atom stereocenters. The van der Waals surface area contributed by atoms with Gasteiger partial charge in [0, 0.05) is 17.0 Å². The van der Waals surface area contributed by atoms with Crippen LogP contribution in [0.1, 0.15) is 29.3 Å². The lowest BCUT2D eigenvalue weighted by Gasteiger charge is -2.07. The zero-order valence-corrected chi connectivity index (χ0v) is 9.91. The monoisotopic (exact) mass is 240 g/mol. The lowest BCUT2D eigenvalue weighted by molar-refractivity contribution is -0.141. The van der Waals surface area contributed by atoms with Crippen molar-refractivity contribution in [2.24, 2.45) is 5.92 Å². The van der Waals surface area contributed by atoms with Crippen LogP contribution in [0, 0.1) is 12.8 Å². The molecule has 0 saturated heterocycles. The van der Waals surface area contributed by atoms with Crippen molar-refractivity contribution < 1.29 is 14.7 Å². The molecule has 0 aliphatic carbocycles. The minimum absolute atomic E-state index is 0.0117. The third-order valence-electron chi connectivity index (χ3n) is 2.40. The number of carboxylic acids is 1. The van der Waals surface area contributed by atoms with Crippen molar-refractivity contribution in [1.82, 2.24) is 0 Å². The summed E-state index contributed by atoms with van der Waals surface area (Å²) in [5.74, 6) is -1.79. The topological polar surface area (TPSA) is 54.4 Å². The molecule has 1 N–H and O–H groups in total. The summed E-state index contributed by atoms with van der Waals surface area (Å²) in [6.45, 7) is 3.30. The molecule has 0 aliphatic heterocycles. The zero-order valence-electron chi connectivity index (χ0n) is 9.16. The molecule has 0 heterocycles. The molecule has 3 nitrogen and oxygen atoms in total. The van der Waals surface area contributed by atoms with Gasteiger partial charge in [0.2, 0.25) is 0 Å². The van der Waals surface area contributed by atoms with Gasteiger partial charge in [-0.15, -0.1) is 0 Å². The van der Waals surface area contributed by atoms with E-state index in [1.54, 1.807) is 25.1 Å². The second-order valence-corrected chi connectivity index (χ2v) is 4.26. The number of benzene rings is 1. The molecule has 1 rings (SSSR count). The van der Waals surface area contributed by atoms with Crippen LogP contribution in [-0.2, 0) is 4.79 Å². The molecule has 0 fully saturated rings. The van der Waals surface area contributed by atoms with Crippen LogP contribution < -0.4 is 0 Å². The van der Waals surface area contributed by atoms with Gasteiger partial charge >= 0.3 is 5.97 Å². The number of halogens is 1. The predicted octanol–water partition coefficient (Wildman–Crippen LogP) is 2.94. The van der Waals surface area contributed by atoms with E-state index in [9.17, 15) is 9.59 Å². The molecule has 0 bridgehead atoms. The van der Waals surface area contributed by atoms with E-state index < -0.39 is 11.9 Å². The fraction of sp³-hybridized carbons (Fsp3) is 0.333. The Balaban J connectivity index is 2.85. The van der Waals surface area contributed by atoms with Gasteiger partial charge in [0.15, 0.2) is 5.78 Å². The molecule has 0 aromatic heterocycles. The second-order valence-electron chi connectivity index (χ2n) is 3.83. The van der Waals surface area contributed by atoms with Crippen LogP contribution in [0.15, 0.2) is 18.2 Å². The molecular formula is C12H13ClO3. The first kappa shape index (κ1) is 12.7. The Labute approximate surface area is 99.0 Å². The zero-order chi connectivity index (χ0) is 12.3. The Kier molecular flexibility index (Phi) is 4.07. The average molecular weight is 241 g/mol. The number of carbonyl (C=O) groups is 2. The van der Waals surface area contributed by atoms with Crippen molar-refractivity contribution in [3.05, 3.63) is 34.3 Å². The van der Waals surface area contributed by atoms with Gasteiger partial charge in [0.25, 0.3) is 0 Å². The van der Waals surface area contributed by atoms with Crippen molar-refractivity contribution in [3.63, 3.8) is 0 Å². The maximum Gasteiger partial charge on any atom is 0.306 e. The highest BCUT2D eigenvalue weighted by atomic mass is 35.5. The summed E-state index contributed by atoms with van der Waals surface area (Å²) in [4.78, 5) is 22.4. The molecule has 0 radical (unpaired) electrons. The summed E-state index contributed by atoms with van der Waals surface area (Å²) < 4.78 is 0. The number of hydrogen-bond acceptors (Lipinski definition) is 2. The highest BCUT2D eigenvalue weighted by Crippen LogP contribution is 2.18. The van der Waals surface area contributed by atoms with Crippen molar-refractivity contribution in [1.29, 1.82) is 0 Å². The maximum atomic E-state index is 11.8. The van der Waals surface area contributed by atoms with E-state index in [2.05, 4.69) is 0 Å². The first-order valence-corrected chi connectivity index (χ1v) is 5.31. The van der Waals surface area contributed by atoms with Gasteiger partial charge in [0.1, 0.15) is 0 Å². The Hall–Kier alpha value is -1.35. The van der Waals surface area contributed by atoms with Gasteiger partial charge in [-0.2, -0.15) is 0 Å². The van der Waals surface area contributed by atoms with Crippen molar-refractivity contribution >= 4 is 23.4 Å². The van der Waals surface area contributed by atoms with E-state index in [-0.39, 0.29) is 12.2 Å². The minimum Gasteiger partial charge on any atom is -0.481 e. The Bertz CT molecular complexity index is 426. The predicted molar refractivity (Wildman–Crippen MR) is 61.9 cm³/mol. The van der Waals surface area contributed by atoms with Gasteiger partial charge < -0.3 is 5.11 Å². The van der Waals surface area contributed by atoms with Gasteiger partial charge in [-0.05, 0) is 30.7 Å². The molecular weight excluding hydrogens is 228 g/mol. The van der Waals surface area contributed by atoms with Crippen molar-refractivity contribution in [3.8, 4) is 0 Å². The molecule has 1 aromatic rings. The molecule has 0 saturated carbocycles. The van der Waals surface area contributed by atoms with Crippen LogP contribution in [0.5, 0.6) is 0 Å². The summed E-state index contributed by atoms with van der Waals surface area (Å²) >= 11 is 5.77. The summed E-state index contributed by atoms with van der Waals surface area (Å²) in [7, 11) is 0. The number of hydrogen-bond donors (Lipinski definition) is 1. The molecule has 16 heavy (non-hydrogen) atoms. The van der Waals surface area contributed by atoms with Gasteiger partial charge in [-0.25, -0.2) is 0 Å². The number of carbonyl (C=O) groups excluding carboxylic acids is 1. The first-order valence-electron chi connectivity index (χ1n) is 4.94. The summed E-state index contributed by atoms with van der Waals surface area (Å²) in [6.07, 6.45) is 0.0117. The molecule has 86 valence electrons. The molecule has 0 aliphatic rings. The van der Waals surface area contributed by atoms with E-state index in [1.165, 1.54) is 6.92 Å². The molecule has 1 aromatic carbocycles. The van der Waals surface area contributed by atoms with Gasteiger partial charge in [-0.3, -0.25) is 9.59 Å². The SMILES string of the molecule is Cc1cc(Cl)ccc1C(=O)CC(C)C(=O)O. The van der Waals surface area contributed by atoms with Crippen LogP contribution in [0.25, 0.3) is 0 Å². The van der Waals surface area contributed by atoms with E-state index in [4.69, 9.17) is 16.7 Å². The van der Waals surface area contributed by atoms with Crippen LogP contribution >= 0.6 is 11.6 Å². The number of rotatable bonds is 4. The normalized spacial score (nSPS) is 12.2. The van der Waals surface area contributed by atoms with E-state index in [1.807, 2.05) is 0 Å². The van der Waals surface area contributed by atoms with Crippen molar-refractivity contribution in [2.45, 2.75) is 20.3 Å². The average Bonchev–Trinajstić information content (AvgIpc) is 2.16. The molecule has 0 amide bonds. The number of ketones is 1. The van der Waals surface area contributed by atoms with Gasteiger partial charge in [-0.1, -0.05) is 18.5 Å². The highest BCUT2D eigenvalue weighted by molar-refractivity contribution is 6.30. The van der Waals surface area contributed by atoms with Crippen LogP contribution in [0.2, 0.25) is 5.02 Å².